The number of anilines is 14. The van der Waals surface area contributed by atoms with E-state index in [1.807, 2.05) is 0 Å². The molecule has 5 aromatic heterocycles. The first-order chi connectivity index (χ1) is 47.6. The standard InChI is InChI=1S/5C10H15N5O5/c2*11-10-14-8(7(12-3-16)9(19)15-10)13-6-1-4(17)5(18)2-20-6;2*11-10-14-8(7(12-3-17)9(19)15-10)13-6-1-4(18)5(2-16)20-6;11-10-14-8(7(13-4-17)9(20)15-10)12-2-1-5(18)6(19)3-16/h2*3-6,17-18H,1-2H2,(H,12,16)(H4,11,13,14,15,19);2*3-6,16,18H,1-2H2,(H,12,17)(H4,11,13,14,15,19);2,4-6,16,18-19H,1,3H2,(H,13,17)(H3,11,14,15,20)/t4-,5+,6+;4-,5+,6-;4-,5-,6+;4-,5-,6-;5-,6-/m00111/s1. The van der Waals surface area contributed by atoms with Crippen molar-refractivity contribution in [1.29, 1.82) is 0 Å². The number of nitrogens with two attached hydrogens (primary N) is 5. The molecule has 550 valence electrons. The molecule has 0 radical (unpaired) electrons. The van der Waals surface area contributed by atoms with Crippen LogP contribution in [0.4, 0.5) is 87.3 Å². The zero-order chi connectivity index (χ0) is 73.9. The lowest BCUT2D eigenvalue weighted by molar-refractivity contribution is -0.112. The summed E-state index contributed by atoms with van der Waals surface area (Å²) in [5, 5.41) is 124. The molecule has 0 saturated carbocycles. The van der Waals surface area contributed by atoms with Crippen molar-refractivity contribution in [3.8, 4) is 0 Å². The summed E-state index contributed by atoms with van der Waals surface area (Å²) in [6.45, 7) is -1.38. The largest absolute Gasteiger partial charge is 0.394 e. The first-order valence-electron chi connectivity index (χ1n) is 29.0. The molecule has 4 fully saturated rings. The fraction of sp³-hybridized carbons (Fsp3) is 0.480. The molecular weight excluding hydrogens is 1350 g/mol. The van der Waals surface area contributed by atoms with Crippen LogP contribution >= 0.6 is 0 Å². The number of carbonyl (C=O) groups is 5. The number of hydrogen-bond acceptors (Lipinski definition) is 40. The van der Waals surface area contributed by atoms with Crippen molar-refractivity contribution in [3.63, 3.8) is 0 Å². The van der Waals surface area contributed by atoms with E-state index in [0.29, 0.717) is 25.6 Å². The lowest BCUT2D eigenvalue weighted by Gasteiger charge is -2.31. The second-order valence-electron chi connectivity index (χ2n) is 20.8. The highest BCUT2D eigenvalue weighted by molar-refractivity contribution is 5.82. The minimum Gasteiger partial charge on any atom is -0.394 e. The smallest absolute Gasteiger partial charge is 0.278 e. The molecule has 0 aliphatic carbocycles. The monoisotopic (exact) mass is 1430 g/mol. The van der Waals surface area contributed by atoms with Gasteiger partial charge in [0.25, 0.3) is 27.8 Å². The number of aliphatic hydroxyl groups is 11. The van der Waals surface area contributed by atoms with Gasteiger partial charge in [0.15, 0.2) is 34.8 Å². The van der Waals surface area contributed by atoms with Crippen molar-refractivity contribution >= 4 is 126 Å². The van der Waals surface area contributed by atoms with Gasteiger partial charge in [0.1, 0.15) is 78.2 Å². The van der Waals surface area contributed by atoms with Gasteiger partial charge in [-0.25, -0.2) is 4.99 Å². The second kappa shape index (κ2) is 38.8. The third-order valence-electron chi connectivity index (χ3n) is 13.6. The van der Waals surface area contributed by atoms with Gasteiger partial charge in [0.05, 0.1) is 63.6 Å². The predicted octanol–water partition coefficient (Wildman–Crippen LogP) is -11.1. The molecule has 50 nitrogen and oxygen atoms in total. The van der Waals surface area contributed by atoms with E-state index in [-0.39, 0.29) is 152 Å². The molecule has 4 aliphatic heterocycles. The Morgan fingerprint density at radius 1 is 0.430 bits per heavy atom. The Kier molecular flexibility index (Phi) is 30.9. The molecule has 14 atom stereocenters. The summed E-state index contributed by atoms with van der Waals surface area (Å²) in [7, 11) is 0. The van der Waals surface area contributed by atoms with Crippen LogP contribution in [-0.4, -0.2) is 263 Å². The summed E-state index contributed by atoms with van der Waals surface area (Å²) in [6, 6.07) is 0. The SMILES string of the molecule is Nc1nc(N=CC[C@@H](O)[C@H](O)CO)c(NC=O)c(=O)[nH]1.Nc1nc(N[C@@H]2C[C@@H](O)[C@@H](CO)O2)c(NC=O)c(=O)[nH]1.Nc1nc(N[C@@H]2C[C@H](O)[C@H](O)CO2)c(NC=O)c(=O)[nH]1.Nc1nc(N[C@H]2C[C@@H](O)[C@@H](CO)O2)c(NC=O)c(=O)[nH]1.Nc1nc(N[C@H]2C[C@H](O)[C@H](O)CO2)c(NC=O)c(=O)[nH]1. The number of H-pyrrole nitrogens is 5. The minimum atomic E-state index is -1.30. The molecule has 0 unspecified atom stereocenters. The molecule has 100 heavy (non-hydrogen) atoms. The average Bonchev–Trinajstić information content (AvgIpc) is 1.33. The van der Waals surface area contributed by atoms with Crippen LogP contribution in [0.25, 0.3) is 0 Å². The van der Waals surface area contributed by atoms with Gasteiger partial charge in [-0.3, -0.25) is 72.9 Å². The topological polar surface area (TPSA) is 824 Å². The summed E-state index contributed by atoms with van der Waals surface area (Å²) in [6.07, 6.45) is -8.85. The van der Waals surface area contributed by atoms with E-state index in [1.54, 1.807) is 0 Å². The van der Waals surface area contributed by atoms with Crippen molar-refractivity contribution < 1.29 is 99.1 Å². The fourth-order valence-electron chi connectivity index (χ4n) is 8.76. The number of nitrogens with one attached hydrogen (secondary N) is 14. The number of aromatic amines is 5. The summed E-state index contributed by atoms with van der Waals surface area (Å²) < 4.78 is 21.1. The zero-order valence-corrected chi connectivity index (χ0v) is 51.8. The van der Waals surface area contributed by atoms with E-state index < -0.39 is 120 Å². The quantitative estimate of drug-likeness (QED) is 0.0191. The number of hydrogen-bond donors (Lipinski definition) is 30. The van der Waals surface area contributed by atoms with Gasteiger partial charge in [-0.2, -0.15) is 24.9 Å². The lowest BCUT2D eigenvalue weighted by Crippen LogP contribution is -2.44. The highest BCUT2D eigenvalue weighted by Crippen LogP contribution is 2.27. The number of carbonyl (C=O) groups excluding carboxylic acids is 5. The summed E-state index contributed by atoms with van der Waals surface area (Å²) in [5.41, 5.74) is 23.3. The highest BCUT2D eigenvalue weighted by atomic mass is 16.6. The number of aliphatic imine (C=N–C) groups is 1. The van der Waals surface area contributed by atoms with E-state index in [1.165, 1.54) is 6.21 Å². The highest BCUT2D eigenvalue weighted by Gasteiger charge is 2.36. The van der Waals surface area contributed by atoms with Crippen LogP contribution in [0.5, 0.6) is 0 Å². The number of nitrogens with zero attached hydrogens (tertiary/aromatic N) is 6. The summed E-state index contributed by atoms with van der Waals surface area (Å²) in [5.74, 6) is -0.770. The summed E-state index contributed by atoms with van der Waals surface area (Å²) >= 11 is 0. The van der Waals surface area contributed by atoms with E-state index in [4.69, 9.17) is 68.0 Å². The average molecular weight is 1430 g/mol. The van der Waals surface area contributed by atoms with Crippen LogP contribution in [0, 0.1) is 0 Å². The van der Waals surface area contributed by atoms with Crippen LogP contribution in [0.2, 0.25) is 0 Å². The first-order valence-corrected chi connectivity index (χ1v) is 29.0. The second-order valence-corrected chi connectivity index (χ2v) is 20.8. The maximum Gasteiger partial charge on any atom is 0.278 e. The number of nitrogen functional groups attached to an aromatic ring is 5. The third kappa shape index (κ3) is 23.4. The fourth-order valence-corrected chi connectivity index (χ4v) is 8.76. The molecular formula is C50H75N25O25. The van der Waals surface area contributed by atoms with Crippen molar-refractivity contribution in [2.24, 2.45) is 4.99 Å². The lowest BCUT2D eigenvalue weighted by atomic mass is 10.1. The molecule has 50 heteroatoms. The van der Waals surface area contributed by atoms with Gasteiger partial charge in [-0.15, -0.1) is 0 Å². The van der Waals surface area contributed by atoms with Gasteiger partial charge in [0.2, 0.25) is 61.8 Å². The predicted molar refractivity (Wildman–Crippen MR) is 347 cm³/mol. The Morgan fingerprint density at radius 3 is 1.01 bits per heavy atom. The first kappa shape index (κ1) is 79.7. The molecule has 5 amide bonds. The molecule has 9 heterocycles. The zero-order valence-electron chi connectivity index (χ0n) is 51.8. The van der Waals surface area contributed by atoms with Crippen molar-refractivity contribution in [2.45, 2.75) is 118 Å². The number of ether oxygens (including phenoxy) is 4. The van der Waals surface area contributed by atoms with Crippen molar-refractivity contribution in [3.05, 3.63) is 51.8 Å². The Hall–Kier alpha value is -11.0. The van der Waals surface area contributed by atoms with E-state index in [2.05, 4.69) is 103 Å². The van der Waals surface area contributed by atoms with E-state index in [0.717, 1.165) is 0 Å². The van der Waals surface area contributed by atoms with E-state index in [9.17, 15) is 83.7 Å². The van der Waals surface area contributed by atoms with Crippen LogP contribution < -0.4 is 104 Å². The number of rotatable bonds is 25. The number of amides is 5. The molecule has 4 saturated heterocycles. The molecule has 5 aromatic rings. The Bertz CT molecular complexity index is 3520. The van der Waals surface area contributed by atoms with Gasteiger partial charge in [-0.1, -0.05) is 0 Å². The van der Waals surface area contributed by atoms with Crippen LogP contribution in [0.15, 0.2) is 29.0 Å². The Balaban J connectivity index is 0.000000225. The number of aliphatic hydroxyl groups excluding tert-OH is 11. The molecule has 35 N–H and O–H groups in total. The maximum absolute atomic E-state index is 11.6. The van der Waals surface area contributed by atoms with Crippen LogP contribution in [-0.2, 0) is 42.9 Å². The molecule has 0 aromatic carbocycles. The normalized spacial score (nSPS) is 23.4. The Labute approximate surface area is 557 Å². The van der Waals surface area contributed by atoms with Gasteiger partial charge < -0.3 is 152 Å². The minimum absolute atomic E-state index is 0.0203. The Morgan fingerprint density at radius 2 is 0.720 bits per heavy atom. The van der Waals surface area contributed by atoms with E-state index >= 15 is 0 Å². The van der Waals surface area contributed by atoms with Crippen molar-refractivity contribution in [1.82, 2.24) is 49.8 Å². The molecule has 4 aliphatic rings. The molecule has 9 rings (SSSR count). The summed E-state index contributed by atoms with van der Waals surface area (Å²) in [4.78, 5) is 145. The van der Waals surface area contributed by atoms with Gasteiger partial charge >= 0.3 is 0 Å². The van der Waals surface area contributed by atoms with Crippen LogP contribution in [0.1, 0.15) is 32.1 Å². The molecule has 0 spiro atoms. The van der Waals surface area contributed by atoms with Crippen LogP contribution in [0.3, 0.4) is 0 Å². The van der Waals surface area contributed by atoms with Gasteiger partial charge in [0, 0.05) is 38.3 Å². The molecule has 0 bridgehead atoms. The van der Waals surface area contributed by atoms with Gasteiger partial charge in [-0.05, 0) is 0 Å². The number of aromatic nitrogens is 10. The third-order valence-corrected chi connectivity index (χ3v) is 13.6. The maximum atomic E-state index is 11.6. The van der Waals surface area contributed by atoms with Crippen molar-refractivity contribution in [2.75, 3.05) is 110 Å².